The predicted molar refractivity (Wildman–Crippen MR) is 92.8 cm³/mol. The fourth-order valence-electron chi connectivity index (χ4n) is 2.40. The van der Waals surface area contributed by atoms with E-state index in [1.54, 1.807) is 6.92 Å². The summed E-state index contributed by atoms with van der Waals surface area (Å²) in [5.41, 5.74) is 0.763. The molecule has 114 valence electrons. The van der Waals surface area contributed by atoms with E-state index in [-0.39, 0.29) is 12.5 Å². The summed E-state index contributed by atoms with van der Waals surface area (Å²) < 4.78 is 1.11. The highest BCUT2D eigenvalue weighted by Gasteiger charge is 2.25. The van der Waals surface area contributed by atoms with Crippen molar-refractivity contribution in [3.63, 3.8) is 0 Å². The molecule has 0 saturated carbocycles. The molecule has 22 heavy (non-hydrogen) atoms. The van der Waals surface area contributed by atoms with Crippen molar-refractivity contribution in [2.75, 3.05) is 6.54 Å². The number of amides is 1. The molecule has 0 radical (unpaired) electrons. The van der Waals surface area contributed by atoms with Gasteiger partial charge in [0, 0.05) is 4.70 Å². The van der Waals surface area contributed by atoms with Crippen molar-refractivity contribution in [2.24, 2.45) is 0 Å². The molecule has 0 spiro atoms. The maximum absolute atomic E-state index is 12.4. The van der Waals surface area contributed by atoms with Crippen molar-refractivity contribution in [1.82, 2.24) is 5.32 Å². The summed E-state index contributed by atoms with van der Waals surface area (Å²) in [6.45, 7) is 3.87. The largest absolute Gasteiger partial charge is 0.384 e. The third kappa shape index (κ3) is 2.79. The van der Waals surface area contributed by atoms with Crippen molar-refractivity contribution < 1.29 is 9.90 Å². The molecule has 2 aromatic heterocycles. The van der Waals surface area contributed by atoms with Crippen molar-refractivity contribution >= 4 is 38.7 Å². The maximum atomic E-state index is 12.4. The molecule has 1 unspecified atom stereocenters. The Morgan fingerprint density at radius 3 is 2.77 bits per heavy atom. The van der Waals surface area contributed by atoms with E-state index in [4.69, 9.17) is 0 Å². The topological polar surface area (TPSA) is 49.3 Å². The molecule has 0 fully saturated rings. The Morgan fingerprint density at radius 1 is 1.32 bits per heavy atom. The Balaban J connectivity index is 1.78. The van der Waals surface area contributed by atoms with Crippen LogP contribution in [0.15, 0.2) is 41.1 Å². The van der Waals surface area contributed by atoms with Crippen LogP contribution in [0.3, 0.4) is 0 Å². The van der Waals surface area contributed by atoms with E-state index in [9.17, 15) is 9.90 Å². The molecule has 3 nitrogen and oxygen atoms in total. The van der Waals surface area contributed by atoms with Gasteiger partial charge in [-0.15, -0.1) is 11.3 Å². The highest BCUT2D eigenvalue weighted by Crippen LogP contribution is 2.30. The summed E-state index contributed by atoms with van der Waals surface area (Å²) in [4.78, 5) is 13.2. The summed E-state index contributed by atoms with van der Waals surface area (Å²) in [6.07, 6.45) is 0. The first kappa shape index (κ1) is 15.2. The average molecular weight is 331 g/mol. The van der Waals surface area contributed by atoms with Gasteiger partial charge in [-0.3, -0.25) is 4.79 Å². The Labute approximate surface area is 137 Å². The molecular formula is C17H17NO2S2. The Morgan fingerprint density at radius 2 is 2.09 bits per heavy atom. The fraction of sp³-hybridized carbons (Fsp3) is 0.235. The number of benzene rings is 1. The Kier molecular flexibility index (Phi) is 4.04. The van der Waals surface area contributed by atoms with E-state index in [2.05, 4.69) is 5.32 Å². The van der Waals surface area contributed by atoms with E-state index in [0.717, 1.165) is 21.2 Å². The predicted octanol–water partition coefficient (Wildman–Crippen LogP) is 3.91. The molecule has 0 aliphatic carbocycles. The third-order valence-electron chi connectivity index (χ3n) is 3.79. The normalized spacial score (nSPS) is 14.0. The molecule has 0 bridgehead atoms. The van der Waals surface area contributed by atoms with E-state index < -0.39 is 5.60 Å². The van der Waals surface area contributed by atoms with Crippen molar-refractivity contribution in [2.45, 2.75) is 19.4 Å². The van der Waals surface area contributed by atoms with Crippen molar-refractivity contribution in [3.8, 4) is 0 Å². The van der Waals surface area contributed by atoms with Gasteiger partial charge in [-0.25, -0.2) is 0 Å². The van der Waals surface area contributed by atoms with Gasteiger partial charge in [0.25, 0.3) is 5.91 Å². The number of nitrogens with one attached hydrogen (secondary N) is 1. The zero-order valence-electron chi connectivity index (χ0n) is 12.4. The zero-order valence-corrected chi connectivity index (χ0v) is 14.1. The number of hydrogen-bond donors (Lipinski definition) is 2. The quantitative estimate of drug-likeness (QED) is 0.761. The molecule has 3 aromatic rings. The SMILES string of the molecule is Cc1c(C(=O)NCC(C)(O)c2ccsc2)sc2ccccc12. The smallest absolute Gasteiger partial charge is 0.261 e. The molecule has 0 saturated heterocycles. The van der Waals surface area contributed by atoms with E-state index in [0.29, 0.717) is 4.88 Å². The number of carbonyl (C=O) groups excluding carboxylic acids is 1. The van der Waals surface area contributed by atoms with Crippen LogP contribution >= 0.6 is 22.7 Å². The van der Waals surface area contributed by atoms with Crippen molar-refractivity contribution in [3.05, 3.63) is 57.1 Å². The lowest BCUT2D eigenvalue weighted by molar-refractivity contribution is 0.0531. The van der Waals surface area contributed by atoms with Gasteiger partial charge in [-0.05, 0) is 53.3 Å². The fourth-order valence-corrected chi connectivity index (χ4v) is 4.30. The van der Waals surface area contributed by atoms with Gasteiger partial charge in [0.15, 0.2) is 0 Å². The van der Waals surface area contributed by atoms with Crippen LogP contribution in [0.2, 0.25) is 0 Å². The first-order valence-corrected chi connectivity index (χ1v) is 8.76. The number of hydrogen-bond acceptors (Lipinski definition) is 4. The van der Waals surface area contributed by atoms with Gasteiger partial charge in [-0.2, -0.15) is 11.3 Å². The number of rotatable bonds is 4. The molecule has 1 atom stereocenters. The van der Waals surface area contributed by atoms with Gasteiger partial charge in [0.1, 0.15) is 5.60 Å². The third-order valence-corrected chi connectivity index (χ3v) is 5.74. The first-order valence-electron chi connectivity index (χ1n) is 7.00. The van der Waals surface area contributed by atoms with Crippen LogP contribution in [0.5, 0.6) is 0 Å². The van der Waals surface area contributed by atoms with Crippen LogP contribution in [-0.2, 0) is 5.60 Å². The molecule has 1 amide bonds. The van der Waals surface area contributed by atoms with Crippen LogP contribution < -0.4 is 5.32 Å². The number of thiophene rings is 2. The second-order valence-electron chi connectivity index (χ2n) is 5.52. The summed E-state index contributed by atoms with van der Waals surface area (Å²) in [7, 11) is 0. The first-order chi connectivity index (χ1) is 10.5. The highest BCUT2D eigenvalue weighted by atomic mass is 32.1. The van der Waals surface area contributed by atoms with E-state index >= 15 is 0 Å². The molecular weight excluding hydrogens is 314 g/mol. The molecule has 0 aliphatic rings. The number of carbonyl (C=O) groups is 1. The highest BCUT2D eigenvalue weighted by molar-refractivity contribution is 7.21. The summed E-state index contributed by atoms with van der Waals surface area (Å²) in [5, 5.41) is 18.3. The van der Waals surface area contributed by atoms with Crippen LogP contribution in [0.1, 0.15) is 27.7 Å². The summed E-state index contributed by atoms with van der Waals surface area (Å²) in [5.74, 6) is -0.130. The average Bonchev–Trinajstić information content (AvgIpc) is 3.14. The second kappa shape index (κ2) is 5.83. The van der Waals surface area contributed by atoms with Gasteiger partial charge in [-0.1, -0.05) is 18.2 Å². The standard InChI is InChI=1S/C17H17NO2S2/c1-11-13-5-3-4-6-14(13)22-15(11)16(19)18-10-17(2,20)12-7-8-21-9-12/h3-9,20H,10H2,1-2H3,(H,18,19). The Bertz CT molecular complexity index is 803. The van der Waals surface area contributed by atoms with E-state index in [1.165, 1.54) is 22.7 Å². The molecule has 2 N–H and O–H groups in total. The maximum Gasteiger partial charge on any atom is 0.261 e. The number of aryl methyl sites for hydroxylation is 1. The lowest BCUT2D eigenvalue weighted by Gasteiger charge is -2.22. The van der Waals surface area contributed by atoms with E-state index in [1.807, 2.05) is 48.0 Å². The Hall–Kier alpha value is -1.69. The van der Waals surface area contributed by atoms with Crippen LogP contribution in [-0.4, -0.2) is 17.6 Å². The molecule has 5 heteroatoms. The molecule has 1 aromatic carbocycles. The van der Waals surface area contributed by atoms with Gasteiger partial charge in [0.05, 0.1) is 11.4 Å². The zero-order chi connectivity index (χ0) is 15.7. The van der Waals surface area contributed by atoms with Crippen LogP contribution in [0, 0.1) is 6.92 Å². The van der Waals surface area contributed by atoms with Crippen molar-refractivity contribution in [1.29, 1.82) is 0 Å². The number of fused-ring (bicyclic) bond motifs is 1. The number of aliphatic hydroxyl groups is 1. The minimum absolute atomic E-state index is 0.130. The van der Waals surface area contributed by atoms with Crippen LogP contribution in [0.4, 0.5) is 0 Å². The van der Waals surface area contributed by atoms with Gasteiger partial charge >= 0.3 is 0 Å². The lowest BCUT2D eigenvalue weighted by atomic mass is 9.99. The monoisotopic (exact) mass is 331 g/mol. The molecule has 2 heterocycles. The molecule has 3 rings (SSSR count). The summed E-state index contributed by atoms with van der Waals surface area (Å²) >= 11 is 3.02. The van der Waals surface area contributed by atoms with Gasteiger partial charge in [0.2, 0.25) is 0 Å². The summed E-state index contributed by atoms with van der Waals surface area (Å²) in [6, 6.07) is 9.87. The minimum atomic E-state index is -1.06. The van der Waals surface area contributed by atoms with Crippen LogP contribution in [0.25, 0.3) is 10.1 Å². The van der Waals surface area contributed by atoms with Gasteiger partial charge < -0.3 is 10.4 Å². The minimum Gasteiger partial charge on any atom is -0.384 e. The molecule has 0 aliphatic heterocycles. The lowest BCUT2D eigenvalue weighted by Crippen LogP contribution is -2.38. The second-order valence-corrected chi connectivity index (χ2v) is 7.35.